The smallest absolute Gasteiger partial charge is 0.266 e. The fourth-order valence-electron chi connectivity index (χ4n) is 3.69. The predicted octanol–water partition coefficient (Wildman–Crippen LogP) is -1.03. The van der Waals surface area contributed by atoms with Crippen LogP contribution in [0.1, 0.15) is 33.6 Å². The van der Waals surface area contributed by atoms with E-state index in [0.717, 1.165) is 4.90 Å². The van der Waals surface area contributed by atoms with Crippen LogP contribution in [0.15, 0.2) is 18.2 Å². The Labute approximate surface area is 217 Å². The average Bonchev–Trinajstić information content (AvgIpc) is 3.14. The maximum absolute atomic E-state index is 13.0. The number of nitrogens with zero attached hydrogens (tertiary/aromatic N) is 1. The zero-order valence-electron chi connectivity index (χ0n) is 19.9. The van der Waals surface area contributed by atoms with Crippen LogP contribution in [0.25, 0.3) is 0 Å². The van der Waals surface area contributed by atoms with Crippen molar-refractivity contribution in [3.63, 3.8) is 0 Å². The van der Waals surface area contributed by atoms with Gasteiger partial charge in [0, 0.05) is 19.5 Å². The minimum atomic E-state index is -1.09. The molecule has 14 heteroatoms. The Morgan fingerprint density at radius 1 is 0.973 bits per heavy atom. The van der Waals surface area contributed by atoms with E-state index in [2.05, 4.69) is 16.0 Å². The topological polar surface area (TPSA) is 169 Å². The van der Waals surface area contributed by atoms with Crippen molar-refractivity contribution in [2.24, 2.45) is 0 Å². The van der Waals surface area contributed by atoms with Crippen LogP contribution < -0.4 is 20.7 Å². The maximum atomic E-state index is 13.0. The van der Waals surface area contributed by atoms with Gasteiger partial charge in [0.2, 0.25) is 17.7 Å². The molecule has 3 N–H and O–H groups in total. The zero-order valence-corrected chi connectivity index (χ0v) is 20.6. The molecule has 13 nitrogen and oxygen atoms in total. The molecule has 1 aromatic carbocycles. The Balaban J connectivity index is 1.39. The number of imide groups is 2. The first-order valence-corrected chi connectivity index (χ1v) is 12.1. The summed E-state index contributed by atoms with van der Waals surface area (Å²) in [5.41, 5.74) is 0.0280. The molecule has 0 spiro atoms. The second-order valence-electron chi connectivity index (χ2n) is 7.97. The molecule has 1 aromatic rings. The number of ether oxygens (including phenoxy) is 3. The van der Waals surface area contributed by atoms with Crippen LogP contribution in [-0.4, -0.2) is 98.4 Å². The summed E-state index contributed by atoms with van der Waals surface area (Å²) < 4.78 is 16.1. The summed E-state index contributed by atoms with van der Waals surface area (Å²) in [5, 5.41) is 7.30. The van der Waals surface area contributed by atoms with Gasteiger partial charge in [-0.1, -0.05) is 6.07 Å². The van der Waals surface area contributed by atoms with E-state index in [4.69, 9.17) is 25.8 Å². The molecule has 6 amide bonds. The van der Waals surface area contributed by atoms with Crippen LogP contribution in [0.4, 0.5) is 0 Å². The molecule has 0 aliphatic carbocycles. The molecule has 0 aromatic heterocycles. The van der Waals surface area contributed by atoms with Crippen molar-refractivity contribution in [1.29, 1.82) is 0 Å². The molecular formula is C23H27ClN4O9. The fraction of sp³-hybridized carbons (Fsp3) is 0.478. The van der Waals surface area contributed by atoms with Crippen molar-refractivity contribution in [1.82, 2.24) is 20.9 Å². The van der Waals surface area contributed by atoms with Crippen molar-refractivity contribution in [3.05, 3.63) is 29.3 Å². The number of hydrogen-bond donors (Lipinski definition) is 3. The lowest BCUT2D eigenvalue weighted by Gasteiger charge is -2.27. The standard InChI is InChI=1S/C23H27ClN4O9/c24-12-18(30)25-6-8-35-10-11-36-9-7-26-19(31)13-37-16-3-1-2-14-20(16)23(34)28(22(14)33)15-4-5-17(29)27-21(15)32/h1-3,15H,4-13H2,(H,25,30)(H,26,31)(H,27,29,32). The fourth-order valence-corrected chi connectivity index (χ4v) is 3.79. The van der Waals surface area contributed by atoms with E-state index < -0.39 is 42.2 Å². The minimum Gasteiger partial charge on any atom is -0.483 e. The van der Waals surface area contributed by atoms with Crippen molar-refractivity contribution in [2.45, 2.75) is 18.9 Å². The molecule has 1 fully saturated rings. The molecule has 0 saturated carbocycles. The third-order valence-corrected chi connectivity index (χ3v) is 5.66. The van der Waals surface area contributed by atoms with E-state index >= 15 is 0 Å². The molecule has 0 radical (unpaired) electrons. The van der Waals surface area contributed by atoms with E-state index in [1.54, 1.807) is 0 Å². The number of carbonyl (C=O) groups is 6. The van der Waals surface area contributed by atoms with Crippen LogP contribution >= 0.6 is 11.6 Å². The van der Waals surface area contributed by atoms with E-state index in [-0.39, 0.29) is 54.7 Å². The van der Waals surface area contributed by atoms with Gasteiger partial charge in [0.05, 0.1) is 37.6 Å². The Morgan fingerprint density at radius 2 is 1.65 bits per heavy atom. The Hall–Kier alpha value is -3.55. The van der Waals surface area contributed by atoms with E-state index in [1.165, 1.54) is 18.2 Å². The summed E-state index contributed by atoms with van der Waals surface area (Å²) >= 11 is 5.35. The number of fused-ring (bicyclic) bond motifs is 1. The van der Waals surface area contributed by atoms with Gasteiger partial charge in [0.25, 0.3) is 17.7 Å². The highest BCUT2D eigenvalue weighted by Gasteiger charge is 2.46. The molecule has 3 rings (SSSR count). The molecule has 1 saturated heterocycles. The number of halogens is 1. The number of alkyl halides is 1. The third kappa shape index (κ3) is 7.47. The summed E-state index contributed by atoms with van der Waals surface area (Å²) in [4.78, 5) is 73.4. The summed E-state index contributed by atoms with van der Waals surface area (Å²) in [6.07, 6.45) is 0.0501. The van der Waals surface area contributed by atoms with Crippen LogP contribution in [0.2, 0.25) is 0 Å². The molecular weight excluding hydrogens is 512 g/mol. The van der Waals surface area contributed by atoms with Crippen LogP contribution in [0.3, 0.4) is 0 Å². The minimum absolute atomic E-state index is 0.0126. The van der Waals surface area contributed by atoms with Gasteiger partial charge in [-0.25, -0.2) is 0 Å². The first-order valence-electron chi connectivity index (χ1n) is 11.6. The Bertz CT molecular complexity index is 1060. The first-order chi connectivity index (χ1) is 17.8. The lowest BCUT2D eigenvalue weighted by atomic mass is 10.0. The highest BCUT2D eigenvalue weighted by Crippen LogP contribution is 2.33. The van der Waals surface area contributed by atoms with E-state index in [0.29, 0.717) is 26.4 Å². The Morgan fingerprint density at radius 3 is 2.30 bits per heavy atom. The summed E-state index contributed by atoms with van der Waals surface area (Å²) in [7, 11) is 0. The van der Waals surface area contributed by atoms with Crippen molar-refractivity contribution in [2.75, 3.05) is 52.0 Å². The van der Waals surface area contributed by atoms with Gasteiger partial charge in [-0.3, -0.25) is 39.0 Å². The zero-order chi connectivity index (χ0) is 26.8. The molecule has 1 atom stereocenters. The number of hydrogen-bond acceptors (Lipinski definition) is 9. The lowest BCUT2D eigenvalue weighted by molar-refractivity contribution is -0.136. The number of rotatable bonds is 14. The molecule has 2 aliphatic heterocycles. The number of piperidine rings is 1. The quantitative estimate of drug-likeness (QED) is 0.152. The van der Waals surface area contributed by atoms with Gasteiger partial charge in [-0.05, 0) is 18.6 Å². The normalized spacial score (nSPS) is 16.9. The third-order valence-electron chi connectivity index (χ3n) is 5.42. The molecule has 2 aliphatic rings. The average molecular weight is 539 g/mol. The number of amides is 6. The number of carbonyl (C=O) groups excluding carboxylic acids is 6. The van der Waals surface area contributed by atoms with Gasteiger partial charge in [-0.15, -0.1) is 11.6 Å². The van der Waals surface area contributed by atoms with Crippen molar-refractivity contribution < 1.29 is 43.0 Å². The Kier molecular flexibility index (Phi) is 10.4. The van der Waals surface area contributed by atoms with Crippen LogP contribution in [0, 0.1) is 0 Å². The molecule has 2 heterocycles. The highest BCUT2D eigenvalue weighted by molar-refractivity contribution is 6.27. The van der Waals surface area contributed by atoms with Gasteiger partial charge in [-0.2, -0.15) is 0 Å². The van der Waals surface area contributed by atoms with Gasteiger partial charge < -0.3 is 24.8 Å². The second kappa shape index (κ2) is 13.7. The van der Waals surface area contributed by atoms with Gasteiger partial charge in [0.15, 0.2) is 6.61 Å². The maximum Gasteiger partial charge on any atom is 0.266 e. The lowest BCUT2D eigenvalue weighted by Crippen LogP contribution is -2.54. The largest absolute Gasteiger partial charge is 0.483 e. The monoisotopic (exact) mass is 538 g/mol. The highest BCUT2D eigenvalue weighted by atomic mass is 35.5. The molecule has 200 valence electrons. The van der Waals surface area contributed by atoms with E-state index in [9.17, 15) is 28.8 Å². The van der Waals surface area contributed by atoms with Crippen molar-refractivity contribution >= 4 is 47.0 Å². The predicted molar refractivity (Wildman–Crippen MR) is 127 cm³/mol. The van der Waals surface area contributed by atoms with E-state index in [1.807, 2.05) is 0 Å². The summed E-state index contributed by atoms with van der Waals surface area (Å²) in [6, 6.07) is 3.30. The van der Waals surface area contributed by atoms with Gasteiger partial charge >= 0.3 is 0 Å². The molecule has 0 bridgehead atoms. The number of benzene rings is 1. The molecule has 37 heavy (non-hydrogen) atoms. The summed E-state index contributed by atoms with van der Waals surface area (Å²) in [5.74, 6) is -3.36. The SMILES string of the molecule is O=C(CCl)NCCOCCOCCNC(=O)COc1cccc2c1C(=O)N(C1CCC(=O)NC1=O)C2=O. The molecule has 1 unspecified atom stereocenters. The summed E-state index contributed by atoms with van der Waals surface area (Å²) in [6.45, 7) is 1.31. The van der Waals surface area contributed by atoms with Crippen molar-refractivity contribution in [3.8, 4) is 5.75 Å². The number of nitrogens with one attached hydrogen (secondary N) is 3. The second-order valence-corrected chi connectivity index (χ2v) is 8.24. The first kappa shape index (κ1) is 28.0. The van der Waals surface area contributed by atoms with Gasteiger partial charge in [0.1, 0.15) is 17.7 Å². The van der Waals surface area contributed by atoms with Crippen LogP contribution in [-0.2, 0) is 28.7 Å². The van der Waals surface area contributed by atoms with Crippen LogP contribution in [0.5, 0.6) is 5.75 Å².